The van der Waals surface area contributed by atoms with E-state index >= 15 is 0 Å². The van der Waals surface area contributed by atoms with Crippen LogP contribution in [0.1, 0.15) is 12.1 Å². The SMILES string of the molecule is COc1cc(OC)c2cc(CCCNc3cn[nH]c(=O)c3Cl)[nH]c2c1. The van der Waals surface area contributed by atoms with Gasteiger partial charge in [-0.05, 0) is 18.9 Å². The smallest absolute Gasteiger partial charge is 0.285 e. The van der Waals surface area contributed by atoms with Crippen molar-refractivity contribution in [1.82, 2.24) is 15.2 Å². The summed E-state index contributed by atoms with van der Waals surface area (Å²) in [5, 5.41) is 10.3. The van der Waals surface area contributed by atoms with Crippen LogP contribution in [0.2, 0.25) is 5.02 Å². The Balaban J connectivity index is 1.65. The Labute approximate surface area is 149 Å². The number of rotatable bonds is 7. The van der Waals surface area contributed by atoms with Crippen LogP contribution < -0.4 is 20.3 Å². The molecule has 3 aromatic rings. The van der Waals surface area contributed by atoms with Crippen LogP contribution >= 0.6 is 11.6 Å². The van der Waals surface area contributed by atoms with Crippen molar-refractivity contribution in [2.24, 2.45) is 0 Å². The molecule has 0 saturated heterocycles. The number of hydrogen-bond acceptors (Lipinski definition) is 5. The van der Waals surface area contributed by atoms with Crippen molar-refractivity contribution >= 4 is 28.2 Å². The van der Waals surface area contributed by atoms with E-state index in [-0.39, 0.29) is 5.02 Å². The first-order valence-electron chi connectivity index (χ1n) is 7.83. The Morgan fingerprint density at radius 3 is 2.84 bits per heavy atom. The molecule has 3 rings (SSSR count). The van der Waals surface area contributed by atoms with Gasteiger partial charge in [0.05, 0.1) is 31.6 Å². The van der Waals surface area contributed by atoms with Crippen molar-refractivity contribution in [2.45, 2.75) is 12.8 Å². The minimum absolute atomic E-state index is 0.123. The molecule has 25 heavy (non-hydrogen) atoms. The molecule has 0 fully saturated rings. The van der Waals surface area contributed by atoms with Gasteiger partial charge in [0, 0.05) is 29.8 Å². The second-order valence-corrected chi connectivity index (χ2v) is 5.92. The average molecular weight is 363 g/mol. The van der Waals surface area contributed by atoms with Gasteiger partial charge in [0.15, 0.2) is 0 Å². The number of aromatic nitrogens is 3. The highest BCUT2D eigenvalue weighted by Crippen LogP contribution is 2.31. The third kappa shape index (κ3) is 3.71. The van der Waals surface area contributed by atoms with E-state index in [4.69, 9.17) is 21.1 Å². The second kappa shape index (κ2) is 7.48. The van der Waals surface area contributed by atoms with Gasteiger partial charge in [-0.25, -0.2) is 5.10 Å². The molecule has 0 saturated carbocycles. The maximum Gasteiger partial charge on any atom is 0.285 e. The Morgan fingerprint density at radius 1 is 1.24 bits per heavy atom. The van der Waals surface area contributed by atoms with Gasteiger partial charge in [-0.2, -0.15) is 5.10 Å². The molecular weight excluding hydrogens is 344 g/mol. The largest absolute Gasteiger partial charge is 0.497 e. The lowest BCUT2D eigenvalue weighted by atomic mass is 10.2. The van der Waals surface area contributed by atoms with Crippen molar-refractivity contribution in [1.29, 1.82) is 0 Å². The van der Waals surface area contributed by atoms with Crippen LogP contribution in [0.3, 0.4) is 0 Å². The van der Waals surface area contributed by atoms with Crippen LogP contribution in [0.5, 0.6) is 11.5 Å². The van der Waals surface area contributed by atoms with Gasteiger partial charge in [-0.3, -0.25) is 4.79 Å². The van der Waals surface area contributed by atoms with Crippen LogP contribution in [0.15, 0.2) is 29.2 Å². The summed E-state index contributed by atoms with van der Waals surface area (Å²) in [6.45, 7) is 0.667. The van der Waals surface area contributed by atoms with Gasteiger partial charge >= 0.3 is 0 Å². The van der Waals surface area contributed by atoms with Crippen molar-refractivity contribution in [3.8, 4) is 11.5 Å². The molecule has 0 aliphatic carbocycles. The first-order valence-corrected chi connectivity index (χ1v) is 8.21. The van der Waals surface area contributed by atoms with E-state index in [0.717, 1.165) is 40.9 Å². The van der Waals surface area contributed by atoms with Crippen molar-refractivity contribution < 1.29 is 9.47 Å². The molecule has 1 aromatic carbocycles. The van der Waals surface area contributed by atoms with Crippen molar-refractivity contribution in [2.75, 3.05) is 26.1 Å². The molecule has 0 bridgehead atoms. The molecule has 0 radical (unpaired) electrons. The van der Waals surface area contributed by atoms with Gasteiger partial charge in [-0.15, -0.1) is 0 Å². The highest BCUT2D eigenvalue weighted by atomic mass is 35.5. The lowest BCUT2D eigenvalue weighted by Crippen LogP contribution is -2.12. The van der Waals surface area contributed by atoms with Gasteiger partial charge in [0.25, 0.3) is 5.56 Å². The van der Waals surface area contributed by atoms with Crippen LogP contribution in [-0.2, 0) is 6.42 Å². The zero-order valence-corrected chi connectivity index (χ0v) is 14.7. The maximum atomic E-state index is 11.4. The summed E-state index contributed by atoms with van der Waals surface area (Å²) in [6.07, 6.45) is 3.20. The second-order valence-electron chi connectivity index (χ2n) is 5.54. The number of halogens is 1. The number of benzene rings is 1. The number of ether oxygens (including phenoxy) is 2. The average Bonchev–Trinajstić information content (AvgIpc) is 3.03. The van der Waals surface area contributed by atoms with E-state index in [9.17, 15) is 4.79 Å². The van der Waals surface area contributed by atoms with Crippen LogP contribution in [-0.4, -0.2) is 35.9 Å². The molecule has 0 aliphatic rings. The number of nitrogens with one attached hydrogen (secondary N) is 3. The summed E-state index contributed by atoms with van der Waals surface area (Å²) in [5.74, 6) is 1.52. The summed E-state index contributed by atoms with van der Waals surface area (Å²) in [5.41, 5.74) is 2.20. The number of H-pyrrole nitrogens is 2. The first kappa shape index (κ1) is 17.2. The number of anilines is 1. The molecule has 0 unspecified atom stereocenters. The van der Waals surface area contributed by atoms with E-state index in [2.05, 4.69) is 26.6 Å². The third-order valence-corrected chi connectivity index (χ3v) is 4.29. The van der Waals surface area contributed by atoms with Crippen LogP contribution in [0.4, 0.5) is 5.69 Å². The zero-order chi connectivity index (χ0) is 17.8. The number of aromatic amines is 2. The molecule has 0 atom stereocenters. The standard InChI is InChI=1S/C17H19ClN4O3/c1-24-11-7-13-12(15(8-11)25-2)6-10(21-13)4-3-5-19-14-9-20-22-17(23)16(14)18/h6-9,21H,3-5H2,1-2H3,(H2,19,22,23). The Hall–Kier alpha value is -2.67. The molecular formula is C17H19ClN4O3. The lowest BCUT2D eigenvalue weighted by molar-refractivity contribution is 0.398. The Kier molecular flexibility index (Phi) is 5.14. The number of methoxy groups -OCH3 is 2. The van der Waals surface area contributed by atoms with E-state index < -0.39 is 5.56 Å². The zero-order valence-electron chi connectivity index (χ0n) is 14.0. The highest BCUT2D eigenvalue weighted by molar-refractivity contribution is 6.32. The summed E-state index contributed by atoms with van der Waals surface area (Å²) in [7, 11) is 3.27. The Morgan fingerprint density at radius 2 is 2.08 bits per heavy atom. The normalized spacial score (nSPS) is 10.8. The van der Waals surface area contributed by atoms with Gasteiger partial charge < -0.3 is 19.8 Å². The minimum Gasteiger partial charge on any atom is -0.497 e. The topological polar surface area (TPSA) is 92.0 Å². The summed E-state index contributed by atoms with van der Waals surface area (Å²) in [6, 6.07) is 5.89. The predicted octanol–water partition coefficient (Wildman–Crippen LogP) is 2.97. The number of aryl methyl sites for hydroxylation is 1. The Bertz CT molecular complexity index is 935. The lowest BCUT2D eigenvalue weighted by Gasteiger charge is -2.06. The molecule has 2 heterocycles. The van der Waals surface area contributed by atoms with E-state index in [1.165, 1.54) is 6.20 Å². The fourth-order valence-corrected chi connectivity index (χ4v) is 2.82. The molecule has 3 N–H and O–H groups in total. The summed E-state index contributed by atoms with van der Waals surface area (Å²) in [4.78, 5) is 14.8. The van der Waals surface area contributed by atoms with Crippen LogP contribution in [0.25, 0.3) is 10.9 Å². The molecule has 0 amide bonds. The van der Waals surface area contributed by atoms with Gasteiger partial charge in [0.1, 0.15) is 16.5 Å². The fourth-order valence-electron chi connectivity index (χ4n) is 2.67. The van der Waals surface area contributed by atoms with Crippen LogP contribution in [0, 0.1) is 0 Å². The first-order chi connectivity index (χ1) is 12.1. The number of fused-ring (bicyclic) bond motifs is 1. The summed E-state index contributed by atoms with van der Waals surface area (Å²) >= 11 is 5.93. The minimum atomic E-state index is -0.400. The molecule has 7 nitrogen and oxygen atoms in total. The number of hydrogen-bond donors (Lipinski definition) is 3. The van der Waals surface area contributed by atoms with Crippen molar-refractivity contribution in [3.05, 3.63) is 45.5 Å². The van der Waals surface area contributed by atoms with E-state index in [0.29, 0.717) is 12.2 Å². The molecule has 8 heteroatoms. The maximum absolute atomic E-state index is 11.4. The molecule has 0 aliphatic heterocycles. The predicted molar refractivity (Wildman–Crippen MR) is 98.1 cm³/mol. The monoisotopic (exact) mass is 362 g/mol. The molecule has 132 valence electrons. The summed E-state index contributed by atoms with van der Waals surface area (Å²) < 4.78 is 10.7. The van der Waals surface area contributed by atoms with Gasteiger partial charge in [0.2, 0.25) is 0 Å². The van der Waals surface area contributed by atoms with Crippen molar-refractivity contribution in [3.63, 3.8) is 0 Å². The van der Waals surface area contributed by atoms with E-state index in [1.54, 1.807) is 14.2 Å². The molecule has 0 spiro atoms. The molecule has 2 aromatic heterocycles. The fraction of sp³-hybridized carbons (Fsp3) is 0.294. The number of nitrogens with zero attached hydrogens (tertiary/aromatic N) is 1. The third-order valence-electron chi connectivity index (χ3n) is 3.92. The van der Waals surface area contributed by atoms with Gasteiger partial charge in [-0.1, -0.05) is 11.6 Å². The quantitative estimate of drug-likeness (QED) is 0.562. The van der Waals surface area contributed by atoms with E-state index in [1.807, 2.05) is 12.1 Å². The highest BCUT2D eigenvalue weighted by Gasteiger charge is 2.09.